The summed E-state index contributed by atoms with van der Waals surface area (Å²) in [6, 6.07) is 0. The third-order valence-corrected chi connectivity index (χ3v) is 4.05. The van der Waals surface area contributed by atoms with Gasteiger partial charge < -0.3 is 4.74 Å². The smallest absolute Gasteiger partial charge is 0.318 e. The minimum absolute atomic E-state index is 0.167. The van der Waals surface area contributed by atoms with E-state index in [-0.39, 0.29) is 18.6 Å². The molecule has 1 aliphatic heterocycles. The number of halogens is 2. The van der Waals surface area contributed by atoms with E-state index in [2.05, 4.69) is 4.74 Å². The van der Waals surface area contributed by atoms with Gasteiger partial charge >= 0.3 is 5.97 Å². The van der Waals surface area contributed by atoms with Crippen molar-refractivity contribution in [1.29, 1.82) is 0 Å². The summed E-state index contributed by atoms with van der Waals surface area (Å²) in [7, 11) is 1.18. The van der Waals surface area contributed by atoms with E-state index in [1.165, 1.54) is 18.9 Å². The van der Waals surface area contributed by atoms with Crippen molar-refractivity contribution in [1.82, 2.24) is 0 Å². The van der Waals surface area contributed by atoms with E-state index in [0.29, 0.717) is 12.2 Å². The van der Waals surface area contributed by atoms with Crippen LogP contribution in [0.1, 0.15) is 26.2 Å². The molecule has 2 nitrogen and oxygen atoms in total. The average Bonchev–Trinajstić information content (AvgIpc) is 2.20. The standard InChI is InChI=1S/C10H16F2O2S/c1-3-4-9(8(13)14-2)7-15-6-5-10(9,11)12/h3-7H2,1-2H3. The Morgan fingerprint density at radius 3 is 2.67 bits per heavy atom. The Bertz CT molecular complexity index is 242. The Hall–Kier alpha value is -0.320. The summed E-state index contributed by atoms with van der Waals surface area (Å²) in [6.45, 7) is 1.81. The Morgan fingerprint density at radius 2 is 2.20 bits per heavy atom. The number of methoxy groups -OCH3 is 1. The molecule has 0 bridgehead atoms. The maximum Gasteiger partial charge on any atom is 0.318 e. The molecule has 0 saturated carbocycles. The lowest BCUT2D eigenvalue weighted by Gasteiger charge is -2.40. The van der Waals surface area contributed by atoms with Crippen LogP contribution in [-0.2, 0) is 9.53 Å². The molecule has 1 unspecified atom stereocenters. The van der Waals surface area contributed by atoms with Crippen LogP contribution in [0.25, 0.3) is 0 Å². The van der Waals surface area contributed by atoms with Crippen LogP contribution in [-0.4, -0.2) is 30.5 Å². The molecule has 15 heavy (non-hydrogen) atoms. The van der Waals surface area contributed by atoms with E-state index >= 15 is 0 Å². The Morgan fingerprint density at radius 1 is 1.53 bits per heavy atom. The van der Waals surface area contributed by atoms with Crippen LogP contribution in [0.5, 0.6) is 0 Å². The fraction of sp³-hybridized carbons (Fsp3) is 0.900. The van der Waals surface area contributed by atoms with E-state index in [4.69, 9.17) is 0 Å². The summed E-state index contributed by atoms with van der Waals surface area (Å²) < 4.78 is 32.2. The van der Waals surface area contributed by atoms with E-state index in [1.807, 2.05) is 0 Å². The minimum Gasteiger partial charge on any atom is -0.468 e. The first kappa shape index (κ1) is 12.7. The van der Waals surface area contributed by atoms with Gasteiger partial charge in [0.25, 0.3) is 5.92 Å². The van der Waals surface area contributed by atoms with Crippen LogP contribution in [0, 0.1) is 5.41 Å². The number of ether oxygens (including phenoxy) is 1. The van der Waals surface area contributed by atoms with Crippen molar-refractivity contribution in [2.24, 2.45) is 5.41 Å². The van der Waals surface area contributed by atoms with Gasteiger partial charge in [0.15, 0.2) is 0 Å². The molecule has 1 aliphatic rings. The number of carbonyl (C=O) groups excluding carboxylic acids is 1. The average molecular weight is 238 g/mol. The third-order valence-electron chi connectivity index (χ3n) is 2.86. The second-order valence-corrected chi connectivity index (χ2v) is 4.94. The van der Waals surface area contributed by atoms with Gasteiger partial charge in [-0.3, -0.25) is 4.79 Å². The molecule has 0 spiro atoms. The summed E-state index contributed by atoms with van der Waals surface area (Å²) in [6.07, 6.45) is 0.525. The molecule has 88 valence electrons. The quantitative estimate of drug-likeness (QED) is 0.707. The zero-order chi connectivity index (χ0) is 11.5. The number of thioether (sulfide) groups is 1. The first-order chi connectivity index (χ1) is 7.00. The van der Waals surface area contributed by atoms with Crippen molar-refractivity contribution in [2.75, 3.05) is 18.6 Å². The molecule has 0 radical (unpaired) electrons. The Kier molecular flexibility index (Phi) is 3.98. The van der Waals surface area contributed by atoms with Gasteiger partial charge in [0.05, 0.1) is 7.11 Å². The van der Waals surface area contributed by atoms with E-state index in [9.17, 15) is 13.6 Å². The van der Waals surface area contributed by atoms with Crippen molar-refractivity contribution >= 4 is 17.7 Å². The van der Waals surface area contributed by atoms with Gasteiger partial charge in [0.2, 0.25) is 0 Å². The summed E-state index contributed by atoms with van der Waals surface area (Å²) >= 11 is 1.41. The number of carbonyl (C=O) groups is 1. The number of rotatable bonds is 3. The van der Waals surface area contributed by atoms with Gasteiger partial charge in [-0.1, -0.05) is 13.3 Å². The molecule has 0 aromatic rings. The lowest BCUT2D eigenvalue weighted by atomic mass is 9.77. The van der Waals surface area contributed by atoms with Crippen molar-refractivity contribution in [3.63, 3.8) is 0 Å². The number of esters is 1. The highest BCUT2D eigenvalue weighted by atomic mass is 32.2. The second kappa shape index (κ2) is 4.68. The largest absolute Gasteiger partial charge is 0.468 e. The van der Waals surface area contributed by atoms with E-state index in [0.717, 1.165) is 0 Å². The number of alkyl halides is 2. The molecule has 0 N–H and O–H groups in total. The summed E-state index contributed by atoms with van der Waals surface area (Å²) in [5.74, 6) is -3.11. The fourth-order valence-electron chi connectivity index (χ4n) is 1.98. The van der Waals surface area contributed by atoms with Crippen LogP contribution >= 0.6 is 11.8 Å². The lowest BCUT2D eigenvalue weighted by molar-refractivity contribution is -0.181. The van der Waals surface area contributed by atoms with Crippen LogP contribution in [0.15, 0.2) is 0 Å². The molecule has 5 heteroatoms. The number of hydrogen-bond acceptors (Lipinski definition) is 3. The monoisotopic (exact) mass is 238 g/mol. The SMILES string of the molecule is CCCC1(C(=O)OC)CSCCC1(F)F. The second-order valence-electron chi connectivity index (χ2n) is 3.83. The van der Waals surface area contributed by atoms with Crippen LogP contribution < -0.4 is 0 Å². The topological polar surface area (TPSA) is 26.3 Å². The van der Waals surface area contributed by atoms with Gasteiger partial charge in [-0.15, -0.1) is 0 Å². The lowest BCUT2D eigenvalue weighted by Crippen LogP contribution is -2.52. The molecule has 0 aromatic heterocycles. The summed E-state index contributed by atoms with van der Waals surface area (Å²) in [5, 5.41) is 0. The summed E-state index contributed by atoms with van der Waals surface area (Å²) in [4.78, 5) is 11.6. The van der Waals surface area contributed by atoms with Crippen LogP contribution in [0.3, 0.4) is 0 Å². The molecule has 0 aliphatic carbocycles. The molecular formula is C10H16F2O2S. The Labute approximate surface area is 92.7 Å². The molecule has 1 rings (SSSR count). The highest BCUT2D eigenvalue weighted by molar-refractivity contribution is 7.99. The molecule has 1 heterocycles. The molecule has 1 saturated heterocycles. The highest BCUT2D eigenvalue weighted by Crippen LogP contribution is 2.50. The normalized spacial score (nSPS) is 29.9. The molecule has 0 aromatic carbocycles. The zero-order valence-corrected chi connectivity index (χ0v) is 9.83. The first-order valence-corrected chi connectivity index (χ1v) is 6.19. The van der Waals surface area contributed by atoms with Gasteiger partial charge in [-0.2, -0.15) is 11.8 Å². The first-order valence-electron chi connectivity index (χ1n) is 5.04. The maximum atomic E-state index is 13.8. The van der Waals surface area contributed by atoms with Gasteiger partial charge in [-0.25, -0.2) is 8.78 Å². The van der Waals surface area contributed by atoms with Crippen LogP contribution in [0.4, 0.5) is 8.78 Å². The minimum atomic E-state index is -2.93. The van der Waals surface area contributed by atoms with Crippen molar-refractivity contribution < 1.29 is 18.3 Å². The van der Waals surface area contributed by atoms with Crippen molar-refractivity contribution in [2.45, 2.75) is 32.1 Å². The fourth-order valence-corrected chi connectivity index (χ4v) is 3.35. The molecule has 0 amide bonds. The molecular weight excluding hydrogens is 222 g/mol. The van der Waals surface area contributed by atoms with E-state index in [1.54, 1.807) is 6.92 Å². The predicted molar refractivity (Wildman–Crippen MR) is 56.2 cm³/mol. The molecule has 1 fully saturated rings. The Balaban J connectivity index is 3.00. The van der Waals surface area contributed by atoms with Gasteiger partial charge in [0.1, 0.15) is 5.41 Å². The van der Waals surface area contributed by atoms with Crippen molar-refractivity contribution in [3.05, 3.63) is 0 Å². The predicted octanol–water partition coefficient (Wildman–Crippen LogP) is 2.72. The number of hydrogen-bond donors (Lipinski definition) is 0. The van der Waals surface area contributed by atoms with Gasteiger partial charge in [0, 0.05) is 12.2 Å². The maximum absolute atomic E-state index is 13.8. The van der Waals surface area contributed by atoms with Crippen LogP contribution in [0.2, 0.25) is 0 Å². The van der Waals surface area contributed by atoms with Gasteiger partial charge in [-0.05, 0) is 12.2 Å². The molecule has 1 atom stereocenters. The van der Waals surface area contributed by atoms with Crippen molar-refractivity contribution in [3.8, 4) is 0 Å². The van der Waals surface area contributed by atoms with E-state index < -0.39 is 17.3 Å². The third kappa shape index (κ3) is 2.12. The highest BCUT2D eigenvalue weighted by Gasteiger charge is 2.60. The zero-order valence-electron chi connectivity index (χ0n) is 9.02. The summed E-state index contributed by atoms with van der Waals surface area (Å²) in [5.41, 5.74) is -1.60.